The first-order valence-corrected chi connectivity index (χ1v) is 16.2. The lowest BCUT2D eigenvalue weighted by Crippen LogP contribution is -2.09. The van der Waals surface area contributed by atoms with E-state index < -0.39 is 6.04 Å². The Kier molecular flexibility index (Phi) is 5.13. The average molecular weight is 633 g/mol. The van der Waals surface area contributed by atoms with Crippen molar-refractivity contribution < 1.29 is 15.7 Å². The molecular formula is C46H29NO2. The quantitative estimate of drug-likeness (QED) is 0.189. The summed E-state index contributed by atoms with van der Waals surface area (Å²) >= 11 is 0. The number of nitrogens with zero attached hydrogens (tertiary/aromatic N) is 1. The monoisotopic (exact) mass is 632 g/mol. The molecule has 8 aromatic carbocycles. The summed E-state index contributed by atoms with van der Waals surface area (Å²) in [5, 5.41) is 5.39. The molecule has 0 saturated heterocycles. The molecule has 0 fully saturated rings. The summed E-state index contributed by atoms with van der Waals surface area (Å²) in [4.78, 5) is 2.21. The summed E-state index contributed by atoms with van der Waals surface area (Å²) in [5.74, 6) is 0. The highest BCUT2D eigenvalue weighted by molar-refractivity contribution is 6.20. The van der Waals surface area contributed by atoms with Crippen LogP contribution < -0.4 is 4.90 Å². The van der Waals surface area contributed by atoms with Gasteiger partial charge >= 0.3 is 0 Å². The summed E-state index contributed by atoms with van der Waals surface area (Å²) in [6, 6.07) is 47.1. The second-order valence-corrected chi connectivity index (χ2v) is 12.1. The van der Waals surface area contributed by atoms with E-state index in [-0.39, 0.29) is 29.7 Å². The molecule has 0 spiro atoms. The van der Waals surface area contributed by atoms with E-state index in [1.54, 1.807) is 0 Å². The molecule has 0 aliphatic heterocycles. The van der Waals surface area contributed by atoms with Gasteiger partial charge < -0.3 is 13.7 Å². The zero-order valence-corrected chi connectivity index (χ0v) is 26.1. The zero-order chi connectivity index (χ0) is 36.7. The van der Waals surface area contributed by atoms with Crippen LogP contribution >= 0.6 is 0 Å². The first-order chi connectivity index (χ1) is 26.4. The van der Waals surface area contributed by atoms with Gasteiger partial charge in [-0.1, -0.05) is 121 Å². The first-order valence-electron chi connectivity index (χ1n) is 18.7. The molecule has 49 heavy (non-hydrogen) atoms. The third-order valence-corrected chi connectivity index (χ3v) is 9.35. The maximum Gasteiger partial charge on any atom is 0.143 e. The van der Waals surface area contributed by atoms with Gasteiger partial charge in [0.2, 0.25) is 0 Å². The zero-order valence-electron chi connectivity index (χ0n) is 31.1. The third-order valence-electron chi connectivity index (χ3n) is 9.35. The maximum atomic E-state index is 8.74. The molecule has 0 radical (unpaired) electrons. The minimum atomic E-state index is -0.414. The van der Waals surface area contributed by atoms with Crippen molar-refractivity contribution >= 4 is 71.7 Å². The van der Waals surface area contributed by atoms with Crippen molar-refractivity contribution in [1.82, 2.24) is 0 Å². The van der Waals surface area contributed by atoms with Gasteiger partial charge in [-0.05, 0) is 70.6 Å². The molecule has 2 aromatic heterocycles. The van der Waals surface area contributed by atoms with Crippen LogP contribution in [0.1, 0.15) is 6.85 Å². The summed E-state index contributed by atoms with van der Waals surface area (Å²) in [5.41, 5.74) is 8.66. The highest BCUT2D eigenvalue weighted by Crippen LogP contribution is 2.43. The topological polar surface area (TPSA) is 29.5 Å². The molecule has 3 nitrogen and oxygen atoms in total. The van der Waals surface area contributed by atoms with Crippen LogP contribution in [0, 0.1) is 0 Å². The van der Waals surface area contributed by atoms with Crippen LogP contribution in [0.4, 0.5) is 17.1 Å². The SMILES string of the molecule is [2H]c1c([2H])c([2H])c(-c2cc3c4cccc(-c5ccc(N(c6ccccc6)c6ccc7c(c6)oc6ccccc67)cc5)c4oc3c3ccccc23)c([2H])c1[2H]. The highest BCUT2D eigenvalue weighted by Gasteiger charge is 2.19. The summed E-state index contributed by atoms with van der Waals surface area (Å²) in [6.45, 7) is 0. The Morgan fingerprint density at radius 3 is 1.88 bits per heavy atom. The van der Waals surface area contributed by atoms with E-state index >= 15 is 0 Å². The predicted molar refractivity (Wildman–Crippen MR) is 204 cm³/mol. The van der Waals surface area contributed by atoms with E-state index in [1.165, 1.54) is 0 Å². The average Bonchev–Trinajstić information content (AvgIpc) is 3.78. The summed E-state index contributed by atoms with van der Waals surface area (Å²) in [7, 11) is 0. The van der Waals surface area contributed by atoms with Gasteiger partial charge in [-0.25, -0.2) is 0 Å². The van der Waals surface area contributed by atoms with Crippen molar-refractivity contribution in [1.29, 1.82) is 0 Å². The van der Waals surface area contributed by atoms with Gasteiger partial charge in [-0.15, -0.1) is 0 Å². The lowest BCUT2D eigenvalue weighted by molar-refractivity contribution is 0.669. The molecule has 0 saturated carbocycles. The van der Waals surface area contributed by atoms with Crippen molar-refractivity contribution in [3.63, 3.8) is 0 Å². The molecule has 0 aliphatic rings. The van der Waals surface area contributed by atoms with E-state index in [4.69, 9.17) is 15.7 Å². The van der Waals surface area contributed by atoms with Gasteiger partial charge in [0, 0.05) is 55.6 Å². The van der Waals surface area contributed by atoms with E-state index in [9.17, 15) is 0 Å². The standard InChI is InChI=1S/C46H29NO2/c1-3-12-30(13-4-1)41-29-42-40-20-11-19-35(45(40)49-46(42)39-18-8-7-16-36(39)41)31-22-24-33(25-23-31)47(32-14-5-2-6-15-32)34-26-27-38-37-17-9-10-21-43(37)48-44(38)28-34/h1-29H/i1D,3D,4D,12D,13D. The Balaban J connectivity index is 1.12. The van der Waals surface area contributed by atoms with Gasteiger partial charge in [0.1, 0.15) is 22.3 Å². The molecular weight excluding hydrogens is 599 g/mol. The molecule has 0 N–H and O–H groups in total. The second kappa shape index (κ2) is 11.0. The predicted octanol–water partition coefficient (Wildman–Crippen LogP) is 13.4. The van der Waals surface area contributed by atoms with E-state index in [0.717, 1.165) is 71.7 Å². The number of rotatable bonds is 5. The van der Waals surface area contributed by atoms with Crippen LogP contribution in [0.5, 0.6) is 0 Å². The summed E-state index contributed by atoms with van der Waals surface area (Å²) in [6.07, 6.45) is 0. The van der Waals surface area contributed by atoms with Crippen molar-refractivity contribution in [3.05, 3.63) is 176 Å². The fourth-order valence-electron chi connectivity index (χ4n) is 7.11. The van der Waals surface area contributed by atoms with Gasteiger partial charge in [0.05, 0.1) is 6.85 Å². The molecule has 0 amide bonds. The lowest BCUT2D eigenvalue weighted by atomic mass is 9.95. The van der Waals surface area contributed by atoms with Crippen LogP contribution in [0.3, 0.4) is 0 Å². The number of hydrogen-bond donors (Lipinski definition) is 0. The number of furan rings is 2. The van der Waals surface area contributed by atoms with Gasteiger partial charge in [0.25, 0.3) is 0 Å². The Labute approximate surface area is 289 Å². The van der Waals surface area contributed by atoms with E-state index in [1.807, 2.05) is 84.9 Å². The van der Waals surface area contributed by atoms with Crippen LogP contribution in [0.2, 0.25) is 0 Å². The first kappa shape index (κ1) is 22.9. The minimum Gasteiger partial charge on any atom is -0.456 e. The Bertz CT molecular complexity index is 3080. The lowest BCUT2D eigenvalue weighted by Gasteiger charge is -2.25. The number of fused-ring (bicyclic) bond motifs is 8. The molecule has 0 unspecified atom stereocenters. The van der Waals surface area contributed by atoms with Crippen molar-refractivity contribution in [3.8, 4) is 22.3 Å². The molecule has 3 heteroatoms. The van der Waals surface area contributed by atoms with E-state index in [0.29, 0.717) is 16.7 Å². The molecule has 0 atom stereocenters. The Morgan fingerprint density at radius 1 is 0.388 bits per heavy atom. The fraction of sp³-hybridized carbons (Fsp3) is 0. The smallest absolute Gasteiger partial charge is 0.143 e. The van der Waals surface area contributed by atoms with Crippen LogP contribution in [-0.2, 0) is 0 Å². The van der Waals surface area contributed by atoms with Crippen LogP contribution in [0.15, 0.2) is 185 Å². The van der Waals surface area contributed by atoms with E-state index in [2.05, 4.69) is 65.6 Å². The van der Waals surface area contributed by atoms with Crippen LogP contribution in [0.25, 0.3) is 76.9 Å². The highest BCUT2D eigenvalue weighted by atomic mass is 16.3. The van der Waals surface area contributed by atoms with Crippen LogP contribution in [-0.4, -0.2) is 0 Å². The fourth-order valence-corrected chi connectivity index (χ4v) is 7.11. The van der Waals surface area contributed by atoms with Crippen molar-refractivity contribution in [2.75, 3.05) is 4.90 Å². The third kappa shape index (κ3) is 4.44. The molecule has 2 heterocycles. The van der Waals surface area contributed by atoms with Gasteiger partial charge in [-0.2, -0.15) is 0 Å². The van der Waals surface area contributed by atoms with Gasteiger partial charge in [0.15, 0.2) is 0 Å². The number of para-hydroxylation sites is 3. The molecule has 0 bridgehead atoms. The van der Waals surface area contributed by atoms with Crippen molar-refractivity contribution in [2.24, 2.45) is 0 Å². The Hall–Kier alpha value is -6.58. The summed E-state index contributed by atoms with van der Waals surface area (Å²) < 4.78 is 55.3. The maximum absolute atomic E-state index is 8.74. The molecule has 230 valence electrons. The number of anilines is 3. The molecule has 10 rings (SSSR count). The number of benzene rings is 8. The second-order valence-electron chi connectivity index (χ2n) is 12.1. The number of hydrogen-bond acceptors (Lipinski definition) is 3. The molecule has 10 aromatic rings. The molecule has 0 aliphatic carbocycles. The van der Waals surface area contributed by atoms with Gasteiger partial charge in [-0.3, -0.25) is 0 Å². The largest absolute Gasteiger partial charge is 0.456 e. The Morgan fingerprint density at radius 2 is 1.04 bits per heavy atom. The minimum absolute atomic E-state index is 0.169. The van der Waals surface area contributed by atoms with Crippen molar-refractivity contribution in [2.45, 2.75) is 0 Å². The normalized spacial score (nSPS) is 13.1.